The van der Waals surface area contributed by atoms with Crippen molar-refractivity contribution in [1.29, 1.82) is 0 Å². The van der Waals surface area contributed by atoms with Crippen LogP contribution in [0.4, 0.5) is 0 Å². The molecular formula is C9H19NO2. The van der Waals surface area contributed by atoms with Gasteiger partial charge in [-0.15, -0.1) is 0 Å². The van der Waals surface area contributed by atoms with Crippen molar-refractivity contribution in [1.82, 2.24) is 0 Å². The molecule has 0 spiro atoms. The molecule has 72 valence electrons. The van der Waals surface area contributed by atoms with Gasteiger partial charge in [0.1, 0.15) is 0 Å². The van der Waals surface area contributed by atoms with Gasteiger partial charge in [-0.25, -0.2) is 0 Å². The first-order chi connectivity index (χ1) is 5.70. The number of methoxy groups -OCH3 is 1. The van der Waals surface area contributed by atoms with E-state index in [1.807, 2.05) is 0 Å². The van der Waals surface area contributed by atoms with Crippen molar-refractivity contribution in [2.45, 2.75) is 45.1 Å². The molecule has 12 heavy (non-hydrogen) atoms. The van der Waals surface area contributed by atoms with E-state index in [0.29, 0.717) is 6.42 Å². The fourth-order valence-electron chi connectivity index (χ4n) is 1.06. The first-order valence-corrected chi connectivity index (χ1v) is 4.53. The molecule has 0 saturated carbocycles. The summed E-state index contributed by atoms with van der Waals surface area (Å²) in [6.07, 6.45) is 4.75. The van der Waals surface area contributed by atoms with Crippen LogP contribution in [0.15, 0.2) is 0 Å². The summed E-state index contributed by atoms with van der Waals surface area (Å²) in [6.45, 7) is 2.14. The summed E-state index contributed by atoms with van der Waals surface area (Å²) >= 11 is 0. The summed E-state index contributed by atoms with van der Waals surface area (Å²) in [6, 6.07) is -0.0241. The molecule has 0 fully saturated rings. The van der Waals surface area contributed by atoms with Crippen LogP contribution in [0.2, 0.25) is 0 Å². The molecule has 0 aromatic heterocycles. The van der Waals surface area contributed by atoms with Gasteiger partial charge in [0, 0.05) is 6.04 Å². The van der Waals surface area contributed by atoms with E-state index in [2.05, 4.69) is 11.7 Å². The van der Waals surface area contributed by atoms with E-state index in [0.717, 1.165) is 12.8 Å². The van der Waals surface area contributed by atoms with Crippen LogP contribution in [-0.4, -0.2) is 19.1 Å². The van der Waals surface area contributed by atoms with E-state index >= 15 is 0 Å². The minimum absolute atomic E-state index is 0.0241. The maximum absolute atomic E-state index is 10.8. The molecule has 0 aliphatic heterocycles. The van der Waals surface area contributed by atoms with Gasteiger partial charge >= 0.3 is 5.97 Å². The second kappa shape index (κ2) is 7.10. The number of hydrogen-bond acceptors (Lipinski definition) is 3. The lowest BCUT2D eigenvalue weighted by Gasteiger charge is -2.08. The molecule has 0 aliphatic carbocycles. The van der Waals surface area contributed by atoms with Crippen molar-refractivity contribution >= 4 is 5.97 Å². The Balaban J connectivity index is 3.32. The van der Waals surface area contributed by atoms with Crippen molar-refractivity contribution in [2.24, 2.45) is 5.73 Å². The SMILES string of the molecule is CCCCC[C@@H](N)CC(=O)OC. The lowest BCUT2D eigenvalue weighted by Crippen LogP contribution is -2.24. The highest BCUT2D eigenvalue weighted by Gasteiger charge is 2.08. The smallest absolute Gasteiger partial charge is 0.307 e. The van der Waals surface area contributed by atoms with Crippen LogP contribution >= 0.6 is 0 Å². The molecule has 3 nitrogen and oxygen atoms in total. The molecule has 0 amide bonds. The largest absolute Gasteiger partial charge is 0.469 e. The number of esters is 1. The van der Waals surface area contributed by atoms with Crippen LogP contribution < -0.4 is 5.73 Å². The van der Waals surface area contributed by atoms with Crippen LogP contribution in [0, 0.1) is 0 Å². The Hall–Kier alpha value is -0.570. The number of ether oxygens (including phenoxy) is 1. The zero-order chi connectivity index (χ0) is 9.40. The number of unbranched alkanes of at least 4 members (excludes halogenated alkanes) is 2. The highest BCUT2D eigenvalue weighted by atomic mass is 16.5. The maximum atomic E-state index is 10.8. The van der Waals surface area contributed by atoms with E-state index in [-0.39, 0.29) is 12.0 Å². The second-order valence-electron chi connectivity index (χ2n) is 3.04. The van der Waals surface area contributed by atoms with Crippen LogP contribution in [-0.2, 0) is 9.53 Å². The standard InChI is InChI=1S/C9H19NO2/c1-3-4-5-6-8(10)7-9(11)12-2/h8H,3-7,10H2,1-2H3/t8-/m1/s1. The van der Waals surface area contributed by atoms with E-state index in [1.54, 1.807) is 0 Å². The number of nitrogens with two attached hydrogens (primary N) is 1. The van der Waals surface area contributed by atoms with Gasteiger partial charge in [-0.3, -0.25) is 4.79 Å². The minimum Gasteiger partial charge on any atom is -0.469 e. The Bertz CT molecular complexity index is 126. The van der Waals surface area contributed by atoms with E-state index in [9.17, 15) is 4.79 Å². The van der Waals surface area contributed by atoms with Crippen molar-refractivity contribution < 1.29 is 9.53 Å². The predicted molar refractivity (Wildman–Crippen MR) is 48.8 cm³/mol. The van der Waals surface area contributed by atoms with E-state index in [4.69, 9.17) is 5.73 Å². The van der Waals surface area contributed by atoms with Gasteiger partial charge in [0.2, 0.25) is 0 Å². The normalized spacial score (nSPS) is 12.6. The van der Waals surface area contributed by atoms with E-state index < -0.39 is 0 Å². The van der Waals surface area contributed by atoms with Crippen LogP contribution in [0.5, 0.6) is 0 Å². The molecule has 0 bridgehead atoms. The highest BCUT2D eigenvalue weighted by Crippen LogP contribution is 2.04. The molecule has 0 aliphatic rings. The summed E-state index contributed by atoms with van der Waals surface area (Å²) < 4.78 is 4.51. The third kappa shape index (κ3) is 6.16. The quantitative estimate of drug-likeness (QED) is 0.488. The Morgan fingerprint density at radius 2 is 2.17 bits per heavy atom. The van der Waals surface area contributed by atoms with Gasteiger partial charge in [-0.1, -0.05) is 26.2 Å². The van der Waals surface area contributed by atoms with Crippen LogP contribution in [0.3, 0.4) is 0 Å². The first kappa shape index (κ1) is 11.4. The Kier molecular flexibility index (Phi) is 6.76. The summed E-state index contributed by atoms with van der Waals surface area (Å²) in [5, 5.41) is 0. The van der Waals surface area contributed by atoms with Gasteiger partial charge in [0.05, 0.1) is 13.5 Å². The highest BCUT2D eigenvalue weighted by molar-refractivity contribution is 5.69. The topological polar surface area (TPSA) is 52.3 Å². The Morgan fingerprint density at radius 3 is 2.67 bits per heavy atom. The molecule has 0 aromatic carbocycles. The molecule has 1 atom stereocenters. The zero-order valence-electron chi connectivity index (χ0n) is 8.01. The fourth-order valence-corrected chi connectivity index (χ4v) is 1.06. The van der Waals surface area contributed by atoms with Gasteiger partial charge in [0.25, 0.3) is 0 Å². The number of carbonyl (C=O) groups excluding carboxylic acids is 1. The van der Waals surface area contributed by atoms with Crippen molar-refractivity contribution in [3.05, 3.63) is 0 Å². The van der Waals surface area contributed by atoms with Crippen LogP contribution in [0.1, 0.15) is 39.0 Å². The van der Waals surface area contributed by atoms with Crippen LogP contribution in [0.25, 0.3) is 0 Å². The van der Waals surface area contributed by atoms with Gasteiger partial charge in [0.15, 0.2) is 0 Å². The lowest BCUT2D eigenvalue weighted by molar-refractivity contribution is -0.141. The van der Waals surface area contributed by atoms with Gasteiger partial charge in [-0.05, 0) is 6.42 Å². The molecule has 0 rings (SSSR count). The monoisotopic (exact) mass is 173 g/mol. The molecule has 0 radical (unpaired) electrons. The van der Waals surface area contributed by atoms with Crippen molar-refractivity contribution in [2.75, 3.05) is 7.11 Å². The average Bonchev–Trinajstić information content (AvgIpc) is 2.05. The third-order valence-corrected chi connectivity index (χ3v) is 1.83. The van der Waals surface area contributed by atoms with E-state index in [1.165, 1.54) is 20.0 Å². The molecular weight excluding hydrogens is 154 g/mol. The van der Waals surface area contributed by atoms with Crippen molar-refractivity contribution in [3.8, 4) is 0 Å². The summed E-state index contributed by atoms with van der Waals surface area (Å²) in [5.41, 5.74) is 5.69. The molecule has 0 saturated heterocycles. The molecule has 0 aromatic rings. The number of hydrogen-bond donors (Lipinski definition) is 1. The number of carbonyl (C=O) groups is 1. The minimum atomic E-state index is -0.209. The molecule has 0 unspecified atom stereocenters. The maximum Gasteiger partial charge on any atom is 0.307 e. The summed E-state index contributed by atoms with van der Waals surface area (Å²) in [5.74, 6) is -0.209. The first-order valence-electron chi connectivity index (χ1n) is 4.53. The predicted octanol–water partition coefficient (Wildman–Crippen LogP) is 1.46. The molecule has 2 N–H and O–H groups in total. The number of rotatable bonds is 6. The van der Waals surface area contributed by atoms with Gasteiger partial charge < -0.3 is 10.5 Å². The summed E-state index contributed by atoms with van der Waals surface area (Å²) in [4.78, 5) is 10.8. The average molecular weight is 173 g/mol. The fraction of sp³-hybridized carbons (Fsp3) is 0.889. The third-order valence-electron chi connectivity index (χ3n) is 1.83. The zero-order valence-corrected chi connectivity index (χ0v) is 8.01. The Morgan fingerprint density at radius 1 is 1.50 bits per heavy atom. The Labute approximate surface area is 74.3 Å². The second-order valence-corrected chi connectivity index (χ2v) is 3.04. The lowest BCUT2D eigenvalue weighted by atomic mass is 10.1. The van der Waals surface area contributed by atoms with Crippen molar-refractivity contribution in [3.63, 3.8) is 0 Å². The molecule has 3 heteroatoms. The summed E-state index contributed by atoms with van der Waals surface area (Å²) in [7, 11) is 1.39. The van der Waals surface area contributed by atoms with Gasteiger partial charge in [-0.2, -0.15) is 0 Å². The molecule has 0 heterocycles.